The number of nitrogens with one attached hydrogen (secondary N) is 1. The van der Waals surface area contributed by atoms with E-state index in [1.54, 1.807) is 6.08 Å². The number of unbranched alkanes of at least 4 members (excludes halogenated alkanes) is 43. The Balaban J connectivity index is 3.86. The lowest BCUT2D eigenvalue weighted by atomic mass is 10.0. The molecule has 0 spiro atoms. The van der Waals surface area contributed by atoms with Gasteiger partial charge in [-0.2, -0.15) is 0 Å². The van der Waals surface area contributed by atoms with Crippen LogP contribution in [0.25, 0.3) is 0 Å². The molecule has 0 heterocycles. The zero-order valence-electron chi connectivity index (χ0n) is 50.1. The van der Waals surface area contributed by atoms with E-state index in [0.717, 1.165) is 38.5 Å². The van der Waals surface area contributed by atoms with E-state index in [9.17, 15) is 19.4 Å². The molecule has 0 aliphatic heterocycles. The summed E-state index contributed by atoms with van der Waals surface area (Å²) in [6, 6.07) is -0.900. The number of quaternary nitrogens is 1. The van der Waals surface area contributed by atoms with Gasteiger partial charge >= 0.3 is 0 Å². The highest BCUT2D eigenvalue weighted by Gasteiger charge is 2.23. The first-order chi connectivity index (χ1) is 36.0. The van der Waals surface area contributed by atoms with Crippen molar-refractivity contribution in [3.63, 3.8) is 0 Å². The second kappa shape index (κ2) is 56.4. The van der Waals surface area contributed by atoms with Gasteiger partial charge in [-0.25, -0.2) is 0 Å². The van der Waals surface area contributed by atoms with E-state index in [-0.39, 0.29) is 19.1 Å². The zero-order chi connectivity index (χ0) is 54.2. The van der Waals surface area contributed by atoms with E-state index in [1.165, 1.54) is 263 Å². The van der Waals surface area contributed by atoms with Crippen LogP contribution in [0.5, 0.6) is 0 Å². The third kappa shape index (κ3) is 58.4. The lowest BCUT2D eigenvalue weighted by Crippen LogP contribution is -2.45. The van der Waals surface area contributed by atoms with Crippen LogP contribution < -0.4 is 10.2 Å². The van der Waals surface area contributed by atoms with E-state index in [4.69, 9.17) is 9.05 Å². The maximum Gasteiger partial charge on any atom is 0.268 e. The molecule has 0 radical (unpaired) electrons. The molecule has 1 amide bonds. The van der Waals surface area contributed by atoms with Crippen LogP contribution in [0, 0.1) is 0 Å². The minimum Gasteiger partial charge on any atom is -0.756 e. The first kappa shape index (κ1) is 72.7. The van der Waals surface area contributed by atoms with Crippen molar-refractivity contribution < 1.29 is 32.9 Å². The molecule has 0 bridgehead atoms. The Morgan fingerprint density at radius 3 is 1.09 bits per heavy atom. The molecule has 0 aliphatic rings. The average Bonchev–Trinajstić information content (AvgIpc) is 3.36. The fourth-order valence-electron chi connectivity index (χ4n) is 9.76. The van der Waals surface area contributed by atoms with Gasteiger partial charge in [0.05, 0.1) is 39.9 Å². The second-order valence-corrected chi connectivity index (χ2v) is 24.9. The number of phosphoric acid groups is 1. The van der Waals surface area contributed by atoms with Crippen LogP contribution in [-0.4, -0.2) is 68.5 Å². The van der Waals surface area contributed by atoms with Crippen molar-refractivity contribution in [2.45, 2.75) is 334 Å². The summed E-state index contributed by atoms with van der Waals surface area (Å²) < 4.78 is 23.3. The largest absolute Gasteiger partial charge is 0.756 e. The summed E-state index contributed by atoms with van der Waals surface area (Å²) in [5.41, 5.74) is 0. The van der Waals surface area contributed by atoms with Crippen molar-refractivity contribution >= 4 is 13.7 Å². The zero-order valence-corrected chi connectivity index (χ0v) is 51.0. The number of carbonyl (C=O) groups excluding carboxylic acids is 1. The van der Waals surface area contributed by atoms with Gasteiger partial charge in [0, 0.05) is 6.42 Å². The number of phosphoric ester groups is 1. The average molecular weight is 1060 g/mol. The molecule has 0 aromatic carbocycles. The van der Waals surface area contributed by atoms with Crippen molar-refractivity contribution in [3.8, 4) is 0 Å². The Morgan fingerprint density at radius 2 is 0.757 bits per heavy atom. The van der Waals surface area contributed by atoms with Gasteiger partial charge in [-0.3, -0.25) is 9.36 Å². The minimum atomic E-state index is -4.60. The predicted octanol–water partition coefficient (Wildman–Crippen LogP) is 19.5. The molecule has 0 aromatic rings. The lowest BCUT2D eigenvalue weighted by molar-refractivity contribution is -0.870. The number of hydrogen-bond donors (Lipinski definition) is 2. The molecule has 0 saturated carbocycles. The molecular formula is C65H127N2O6P. The van der Waals surface area contributed by atoms with E-state index < -0.39 is 20.0 Å². The molecule has 3 atom stereocenters. The number of carbonyl (C=O) groups is 1. The maximum absolute atomic E-state index is 13.0. The summed E-state index contributed by atoms with van der Waals surface area (Å²) in [7, 11) is 1.25. The molecule has 438 valence electrons. The number of aliphatic hydroxyl groups is 1. The van der Waals surface area contributed by atoms with Crippen LogP contribution in [0.2, 0.25) is 0 Å². The highest BCUT2D eigenvalue weighted by Crippen LogP contribution is 2.38. The Hall–Kier alpha value is -1.28. The normalized spacial score (nSPS) is 14.0. The van der Waals surface area contributed by atoms with Gasteiger partial charge in [0.25, 0.3) is 7.82 Å². The molecule has 0 aromatic heterocycles. The number of amides is 1. The quantitative estimate of drug-likeness (QED) is 0.0272. The molecule has 8 nitrogen and oxygen atoms in total. The van der Waals surface area contributed by atoms with Gasteiger partial charge in [-0.15, -0.1) is 0 Å². The minimum absolute atomic E-state index is 0.00462. The highest BCUT2D eigenvalue weighted by atomic mass is 31.2. The van der Waals surface area contributed by atoms with Gasteiger partial charge in [-0.05, 0) is 57.8 Å². The van der Waals surface area contributed by atoms with E-state index in [1.807, 2.05) is 27.2 Å². The number of likely N-dealkylation sites (N-methyl/N-ethyl adjacent to an activating group) is 1. The monoisotopic (exact) mass is 1060 g/mol. The maximum atomic E-state index is 13.0. The molecule has 0 saturated heterocycles. The summed E-state index contributed by atoms with van der Waals surface area (Å²) in [5, 5.41) is 13.8. The van der Waals surface area contributed by atoms with Crippen molar-refractivity contribution in [1.29, 1.82) is 0 Å². The van der Waals surface area contributed by atoms with Gasteiger partial charge in [0.1, 0.15) is 13.2 Å². The fourth-order valence-corrected chi connectivity index (χ4v) is 10.5. The SMILES string of the molecule is CCCCCCCCC/C=C/CC/C=C/C(O)C(COP(=O)([O-])OCC[N+](C)(C)C)NC(=O)CCCCCCCCCCCCCCCCCCCCCCCCCCCCC/C=C\CCCCCCCCCC. The Labute approximate surface area is 461 Å². The molecule has 0 fully saturated rings. The smallest absolute Gasteiger partial charge is 0.268 e. The highest BCUT2D eigenvalue weighted by molar-refractivity contribution is 7.45. The fraction of sp³-hybridized carbons (Fsp3) is 0.892. The Morgan fingerprint density at radius 1 is 0.459 bits per heavy atom. The predicted molar refractivity (Wildman–Crippen MR) is 321 cm³/mol. The van der Waals surface area contributed by atoms with Crippen LogP contribution in [-0.2, 0) is 18.4 Å². The standard InChI is InChI=1S/C65H127N2O6P/c1-6-8-10-12-14-16-18-20-21-22-23-24-25-26-27-28-29-30-31-32-33-34-35-36-37-38-39-40-41-42-43-44-45-47-49-51-53-55-57-59-65(69)66-63(62-73-74(70,71)72-61-60-67(3,4)5)64(68)58-56-54-52-50-48-46-19-17-15-13-11-9-7-2/h22-23,48,50,56,58,63-64,68H,6-21,24-47,49,51-55,57,59-62H2,1-5H3,(H-,66,69,70,71)/b23-22-,50-48+,58-56+. The summed E-state index contributed by atoms with van der Waals surface area (Å²) in [6.45, 7) is 4.64. The van der Waals surface area contributed by atoms with E-state index >= 15 is 0 Å². The second-order valence-electron chi connectivity index (χ2n) is 23.5. The lowest BCUT2D eigenvalue weighted by Gasteiger charge is -2.29. The molecular weight excluding hydrogens is 936 g/mol. The van der Waals surface area contributed by atoms with Crippen LogP contribution >= 0.6 is 7.82 Å². The van der Waals surface area contributed by atoms with Gasteiger partial charge in [0.15, 0.2) is 0 Å². The van der Waals surface area contributed by atoms with Crippen LogP contribution in [0.15, 0.2) is 36.5 Å². The number of allylic oxidation sites excluding steroid dienone is 5. The third-order valence-electron chi connectivity index (χ3n) is 14.8. The number of hydrogen-bond acceptors (Lipinski definition) is 6. The first-order valence-corrected chi connectivity index (χ1v) is 33.8. The summed E-state index contributed by atoms with van der Waals surface area (Å²) in [4.78, 5) is 25.5. The van der Waals surface area contributed by atoms with Crippen molar-refractivity contribution in [2.24, 2.45) is 0 Å². The molecule has 3 unspecified atom stereocenters. The molecule has 9 heteroatoms. The van der Waals surface area contributed by atoms with Gasteiger partial charge in [0.2, 0.25) is 5.91 Å². The number of aliphatic hydroxyl groups excluding tert-OH is 1. The first-order valence-electron chi connectivity index (χ1n) is 32.4. The number of rotatable bonds is 60. The van der Waals surface area contributed by atoms with Crippen LogP contribution in [0.1, 0.15) is 322 Å². The van der Waals surface area contributed by atoms with Gasteiger partial charge in [-0.1, -0.05) is 294 Å². The summed E-state index contributed by atoms with van der Waals surface area (Å²) >= 11 is 0. The van der Waals surface area contributed by atoms with Crippen LogP contribution in [0.4, 0.5) is 0 Å². The topological polar surface area (TPSA) is 108 Å². The van der Waals surface area contributed by atoms with E-state index in [0.29, 0.717) is 17.4 Å². The third-order valence-corrected chi connectivity index (χ3v) is 15.8. The molecule has 0 rings (SSSR count). The molecule has 74 heavy (non-hydrogen) atoms. The van der Waals surface area contributed by atoms with E-state index in [2.05, 4.69) is 43.5 Å². The van der Waals surface area contributed by atoms with Gasteiger partial charge < -0.3 is 28.8 Å². The Kier molecular flexibility index (Phi) is 55.5. The van der Waals surface area contributed by atoms with Crippen molar-refractivity contribution in [3.05, 3.63) is 36.5 Å². The van der Waals surface area contributed by atoms with Crippen LogP contribution in [0.3, 0.4) is 0 Å². The van der Waals surface area contributed by atoms with Crippen molar-refractivity contribution in [1.82, 2.24) is 5.32 Å². The summed E-state index contributed by atoms with van der Waals surface area (Å²) in [5.74, 6) is -0.202. The van der Waals surface area contributed by atoms with Crippen molar-refractivity contribution in [2.75, 3.05) is 40.9 Å². The summed E-state index contributed by atoms with van der Waals surface area (Å²) in [6.07, 6.45) is 74.2. The Bertz CT molecular complexity index is 1300. The molecule has 0 aliphatic carbocycles. The number of nitrogens with zero attached hydrogens (tertiary/aromatic N) is 1. The molecule has 2 N–H and O–H groups in total.